The number of carbonyl (C=O) groups excluding carboxylic acids is 2. The molecule has 0 spiro atoms. The van der Waals surface area contributed by atoms with Gasteiger partial charge in [-0.2, -0.15) is 0 Å². The summed E-state index contributed by atoms with van der Waals surface area (Å²) in [6.07, 6.45) is 1.72. The molecule has 0 radical (unpaired) electrons. The maximum Gasteiger partial charge on any atom is 0.293 e. The normalized spacial score (nSPS) is 14.7. The predicted molar refractivity (Wildman–Crippen MR) is 164 cm³/mol. The third kappa shape index (κ3) is 7.79. The summed E-state index contributed by atoms with van der Waals surface area (Å²) in [5, 5.41) is -0.275. The van der Waals surface area contributed by atoms with Crippen LogP contribution < -0.4 is 14.2 Å². The highest BCUT2D eigenvalue weighted by atomic mass is 127. The van der Waals surface area contributed by atoms with Gasteiger partial charge in [-0.15, -0.1) is 0 Å². The van der Waals surface area contributed by atoms with Crippen molar-refractivity contribution in [1.82, 2.24) is 4.90 Å². The van der Waals surface area contributed by atoms with E-state index in [9.17, 15) is 9.59 Å². The molecule has 0 bridgehead atoms. The van der Waals surface area contributed by atoms with Crippen LogP contribution in [0.1, 0.15) is 44.4 Å². The summed E-state index contributed by atoms with van der Waals surface area (Å²) in [4.78, 5) is 27.2. The second-order valence-corrected chi connectivity index (χ2v) is 12.2. The van der Waals surface area contributed by atoms with Crippen LogP contribution in [0.3, 0.4) is 0 Å². The Hall–Kier alpha value is -2.98. The summed E-state index contributed by atoms with van der Waals surface area (Å²) in [5.74, 6) is 1.66. The number of thioether (sulfide) groups is 1. The lowest BCUT2D eigenvalue weighted by molar-refractivity contribution is -0.123. The molecule has 0 saturated carbocycles. The van der Waals surface area contributed by atoms with Crippen LogP contribution in [0, 0.1) is 3.57 Å². The fraction of sp³-hybridized carbons (Fsp3) is 0.290. The molecule has 0 aromatic heterocycles. The van der Waals surface area contributed by atoms with Crippen molar-refractivity contribution >= 4 is 51.6 Å². The van der Waals surface area contributed by atoms with E-state index in [1.165, 1.54) is 10.5 Å². The first-order chi connectivity index (χ1) is 18.6. The lowest BCUT2D eigenvalue weighted by atomic mass is 9.87. The molecular weight excluding hydrogens is 625 g/mol. The number of ether oxygens (including phenoxy) is 3. The van der Waals surface area contributed by atoms with Gasteiger partial charge in [0.15, 0.2) is 11.5 Å². The molecule has 0 atom stereocenters. The van der Waals surface area contributed by atoms with E-state index in [1.54, 1.807) is 6.08 Å². The molecule has 39 heavy (non-hydrogen) atoms. The van der Waals surface area contributed by atoms with Crippen LogP contribution in [0.2, 0.25) is 0 Å². The Kier molecular flexibility index (Phi) is 9.61. The van der Waals surface area contributed by atoms with Gasteiger partial charge in [-0.05, 0) is 106 Å². The van der Waals surface area contributed by atoms with E-state index in [0.29, 0.717) is 36.2 Å². The zero-order chi connectivity index (χ0) is 28.0. The first-order valence-electron chi connectivity index (χ1n) is 12.8. The van der Waals surface area contributed by atoms with Crippen molar-refractivity contribution in [2.75, 3.05) is 19.8 Å². The van der Waals surface area contributed by atoms with E-state index in [2.05, 4.69) is 55.5 Å². The molecule has 0 aliphatic carbocycles. The van der Waals surface area contributed by atoms with Crippen molar-refractivity contribution in [1.29, 1.82) is 0 Å². The molecule has 4 rings (SSSR count). The third-order valence-corrected chi connectivity index (χ3v) is 7.65. The molecule has 8 heteroatoms. The molecule has 0 N–H and O–H groups in total. The number of nitrogens with zero attached hydrogens (tertiary/aromatic N) is 1. The van der Waals surface area contributed by atoms with Gasteiger partial charge < -0.3 is 14.2 Å². The van der Waals surface area contributed by atoms with Gasteiger partial charge in [0.25, 0.3) is 11.1 Å². The lowest BCUT2D eigenvalue weighted by Crippen LogP contribution is -2.27. The molecule has 3 aromatic rings. The van der Waals surface area contributed by atoms with Crippen LogP contribution >= 0.6 is 34.4 Å². The van der Waals surface area contributed by atoms with Gasteiger partial charge in [0.1, 0.15) is 19.0 Å². The Morgan fingerprint density at radius 1 is 0.872 bits per heavy atom. The van der Waals surface area contributed by atoms with E-state index in [1.807, 2.05) is 61.5 Å². The highest BCUT2D eigenvalue weighted by molar-refractivity contribution is 14.1. The van der Waals surface area contributed by atoms with E-state index in [4.69, 9.17) is 14.2 Å². The summed E-state index contributed by atoms with van der Waals surface area (Å²) in [6.45, 7) is 9.88. The summed E-state index contributed by atoms with van der Waals surface area (Å²) < 4.78 is 18.7. The number of carbonyl (C=O) groups is 2. The van der Waals surface area contributed by atoms with E-state index in [-0.39, 0.29) is 23.1 Å². The number of imide groups is 1. The molecule has 1 heterocycles. The molecule has 3 aromatic carbocycles. The molecule has 6 nitrogen and oxygen atoms in total. The fourth-order valence-corrected chi connectivity index (χ4v) is 5.12. The van der Waals surface area contributed by atoms with Gasteiger partial charge in [0, 0.05) is 3.57 Å². The van der Waals surface area contributed by atoms with Crippen LogP contribution in [-0.2, 0) is 16.8 Å². The van der Waals surface area contributed by atoms with Gasteiger partial charge in [0.2, 0.25) is 0 Å². The highest BCUT2D eigenvalue weighted by Gasteiger charge is 2.35. The van der Waals surface area contributed by atoms with Crippen molar-refractivity contribution in [3.63, 3.8) is 0 Å². The van der Waals surface area contributed by atoms with Crippen molar-refractivity contribution in [3.8, 4) is 17.2 Å². The molecule has 204 valence electrons. The highest BCUT2D eigenvalue weighted by Crippen LogP contribution is 2.35. The maximum atomic E-state index is 13.0. The average Bonchev–Trinajstić information content (AvgIpc) is 3.16. The minimum absolute atomic E-state index is 0.0965. The molecule has 1 fully saturated rings. The Bertz CT molecular complexity index is 1350. The molecular formula is C31H32INO5S. The summed E-state index contributed by atoms with van der Waals surface area (Å²) in [6, 6.07) is 21.4. The monoisotopic (exact) mass is 657 g/mol. The Morgan fingerprint density at radius 3 is 2.23 bits per heavy atom. The number of hydrogen-bond donors (Lipinski definition) is 0. The molecule has 1 aliphatic heterocycles. The smallest absolute Gasteiger partial charge is 0.293 e. The maximum absolute atomic E-state index is 13.0. The first kappa shape index (κ1) is 29.0. The van der Waals surface area contributed by atoms with Crippen LogP contribution in [0.15, 0.2) is 71.6 Å². The summed E-state index contributed by atoms with van der Waals surface area (Å²) in [5.41, 5.74) is 3.01. The Labute approximate surface area is 247 Å². The Balaban J connectivity index is 1.37. The largest absolute Gasteiger partial charge is 0.490 e. The van der Waals surface area contributed by atoms with Gasteiger partial charge in [0.05, 0.1) is 18.1 Å². The standard InChI is InChI=1S/C31H32INO5S/c1-5-36-27-18-22(19-28-29(34)33(30(35)39-28)20-21-6-11-24(32)12-7-21)8-15-26(27)38-17-16-37-25-13-9-23(10-14-25)31(2,3)4/h6-15,18-19H,5,16-17,20H2,1-4H3/b28-19-. The summed E-state index contributed by atoms with van der Waals surface area (Å²) >= 11 is 3.17. The van der Waals surface area contributed by atoms with Crippen molar-refractivity contribution in [2.45, 2.75) is 39.7 Å². The van der Waals surface area contributed by atoms with Crippen molar-refractivity contribution in [2.24, 2.45) is 0 Å². The predicted octanol–water partition coefficient (Wildman–Crippen LogP) is 7.68. The number of rotatable bonds is 10. The molecule has 0 unspecified atom stereocenters. The van der Waals surface area contributed by atoms with Gasteiger partial charge in [-0.25, -0.2) is 0 Å². The Morgan fingerprint density at radius 2 is 1.56 bits per heavy atom. The number of benzene rings is 3. The van der Waals surface area contributed by atoms with E-state index >= 15 is 0 Å². The quantitative estimate of drug-likeness (QED) is 0.127. The van der Waals surface area contributed by atoms with Gasteiger partial charge >= 0.3 is 0 Å². The SMILES string of the molecule is CCOc1cc(/C=C2\SC(=O)N(Cc3ccc(I)cc3)C2=O)ccc1OCCOc1ccc(C(C)(C)C)cc1. The van der Waals surface area contributed by atoms with Gasteiger partial charge in [-0.3, -0.25) is 14.5 Å². The summed E-state index contributed by atoms with van der Waals surface area (Å²) in [7, 11) is 0. The minimum atomic E-state index is -0.297. The number of halogens is 1. The first-order valence-corrected chi connectivity index (χ1v) is 14.7. The molecule has 1 saturated heterocycles. The average molecular weight is 658 g/mol. The van der Waals surface area contributed by atoms with Crippen molar-refractivity contribution in [3.05, 3.63) is 91.9 Å². The zero-order valence-electron chi connectivity index (χ0n) is 22.5. The minimum Gasteiger partial charge on any atom is -0.490 e. The van der Waals surface area contributed by atoms with Gasteiger partial charge in [-0.1, -0.05) is 51.1 Å². The van der Waals surface area contributed by atoms with Crippen LogP contribution in [0.25, 0.3) is 6.08 Å². The molecule has 1 aliphatic rings. The zero-order valence-corrected chi connectivity index (χ0v) is 25.5. The van der Waals surface area contributed by atoms with Crippen LogP contribution in [0.4, 0.5) is 4.79 Å². The number of hydrogen-bond acceptors (Lipinski definition) is 6. The van der Waals surface area contributed by atoms with E-state index < -0.39 is 0 Å². The van der Waals surface area contributed by atoms with Crippen LogP contribution in [0.5, 0.6) is 17.2 Å². The second-order valence-electron chi connectivity index (χ2n) is 10.0. The second kappa shape index (κ2) is 12.9. The third-order valence-electron chi connectivity index (χ3n) is 6.02. The number of amides is 2. The van der Waals surface area contributed by atoms with E-state index in [0.717, 1.165) is 32.2 Å². The topological polar surface area (TPSA) is 65.1 Å². The van der Waals surface area contributed by atoms with Crippen molar-refractivity contribution < 1.29 is 23.8 Å². The van der Waals surface area contributed by atoms with Crippen LogP contribution in [-0.4, -0.2) is 35.9 Å². The lowest BCUT2D eigenvalue weighted by Gasteiger charge is -2.19. The molecule has 2 amide bonds. The fourth-order valence-electron chi connectivity index (χ4n) is 3.92.